The average molecular weight is 382 g/mol. The first-order valence-corrected chi connectivity index (χ1v) is 8.93. The fraction of sp³-hybridized carbons (Fsp3) is 0.136. The van der Waals surface area contributed by atoms with Crippen molar-refractivity contribution in [3.05, 3.63) is 95.6 Å². The highest BCUT2D eigenvalue weighted by Crippen LogP contribution is 2.19. The second kappa shape index (κ2) is 9.24. The highest BCUT2D eigenvalue weighted by atomic mass is 32.1. The second-order valence-electron chi connectivity index (χ2n) is 6.19. The van der Waals surface area contributed by atoms with E-state index in [2.05, 4.69) is 42.2 Å². The summed E-state index contributed by atoms with van der Waals surface area (Å²) in [7, 11) is 0. The SMILES string of the molecule is C=C(N)C(=N/C=C\C)c1ccc(C(=C)NCc2cc(C)cc(S)c2)c(F)c1. The fourth-order valence-corrected chi connectivity index (χ4v) is 3.02. The number of benzene rings is 2. The van der Waals surface area contributed by atoms with Crippen LogP contribution in [0.25, 0.3) is 5.70 Å². The molecule has 0 radical (unpaired) electrons. The van der Waals surface area contributed by atoms with E-state index < -0.39 is 5.82 Å². The Kier molecular flexibility index (Phi) is 7.02. The van der Waals surface area contributed by atoms with E-state index in [9.17, 15) is 4.39 Å². The van der Waals surface area contributed by atoms with Gasteiger partial charge in [-0.25, -0.2) is 4.39 Å². The molecule has 0 amide bonds. The molecule has 0 saturated heterocycles. The van der Waals surface area contributed by atoms with Crippen molar-refractivity contribution in [3.63, 3.8) is 0 Å². The maximum absolute atomic E-state index is 14.6. The van der Waals surface area contributed by atoms with Crippen molar-refractivity contribution in [2.75, 3.05) is 0 Å². The Labute approximate surface area is 165 Å². The lowest BCUT2D eigenvalue weighted by Gasteiger charge is -2.13. The highest BCUT2D eigenvalue weighted by Gasteiger charge is 2.11. The third-order valence-electron chi connectivity index (χ3n) is 3.85. The number of aryl methyl sites for hydroxylation is 1. The predicted molar refractivity (Wildman–Crippen MR) is 115 cm³/mol. The van der Waals surface area contributed by atoms with Crippen LogP contribution in [0.1, 0.15) is 29.2 Å². The first kappa shape index (κ1) is 20.5. The van der Waals surface area contributed by atoms with Gasteiger partial charge in [0.25, 0.3) is 0 Å². The number of aliphatic imine (C=N–C) groups is 1. The van der Waals surface area contributed by atoms with Gasteiger partial charge in [-0.2, -0.15) is 0 Å². The molecule has 0 unspecified atom stereocenters. The molecule has 0 fully saturated rings. The van der Waals surface area contributed by atoms with Gasteiger partial charge in [0.2, 0.25) is 0 Å². The van der Waals surface area contributed by atoms with Gasteiger partial charge >= 0.3 is 0 Å². The second-order valence-corrected chi connectivity index (χ2v) is 6.71. The topological polar surface area (TPSA) is 50.4 Å². The van der Waals surface area contributed by atoms with E-state index in [-0.39, 0.29) is 5.70 Å². The van der Waals surface area contributed by atoms with Gasteiger partial charge in [0.05, 0.1) is 11.4 Å². The maximum Gasteiger partial charge on any atom is 0.133 e. The van der Waals surface area contributed by atoms with Gasteiger partial charge in [-0.1, -0.05) is 31.4 Å². The van der Waals surface area contributed by atoms with Crippen molar-refractivity contribution < 1.29 is 4.39 Å². The molecule has 0 saturated carbocycles. The van der Waals surface area contributed by atoms with Gasteiger partial charge in [-0.05, 0) is 49.2 Å². The van der Waals surface area contributed by atoms with Crippen LogP contribution in [0.3, 0.4) is 0 Å². The summed E-state index contributed by atoms with van der Waals surface area (Å²) in [6.07, 6.45) is 3.36. The summed E-state index contributed by atoms with van der Waals surface area (Å²) >= 11 is 4.38. The number of nitrogens with zero attached hydrogens (tertiary/aromatic N) is 1. The molecule has 3 N–H and O–H groups in total. The minimum absolute atomic E-state index is 0.277. The zero-order valence-electron chi connectivity index (χ0n) is 15.6. The lowest BCUT2D eigenvalue weighted by Crippen LogP contribution is -2.14. The first-order chi connectivity index (χ1) is 12.8. The molecule has 3 nitrogen and oxygen atoms in total. The largest absolute Gasteiger partial charge is 0.397 e. The lowest BCUT2D eigenvalue weighted by atomic mass is 10.0. The zero-order valence-corrected chi connectivity index (χ0v) is 16.5. The third kappa shape index (κ3) is 5.59. The van der Waals surface area contributed by atoms with Crippen molar-refractivity contribution in [1.82, 2.24) is 5.32 Å². The van der Waals surface area contributed by atoms with Crippen molar-refractivity contribution in [2.24, 2.45) is 10.7 Å². The van der Waals surface area contributed by atoms with E-state index in [0.717, 1.165) is 16.0 Å². The zero-order chi connectivity index (χ0) is 20.0. The molecule has 0 spiro atoms. The minimum atomic E-state index is -0.404. The van der Waals surface area contributed by atoms with Crippen molar-refractivity contribution >= 4 is 24.0 Å². The van der Waals surface area contributed by atoms with Gasteiger partial charge in [0, 0.05) is 34.5 Å². The number of halogens is 1. The highest BCUT2D eigenvalue weighted by molar-refractivity contribution is 7.80. The molecule has 0 bridgehead atoms. The molecule has 27 heavy (non-hydrogen) atoms. The standard InChI is InChI=1S/C22H24FN3S/c1-5-8-25-22(15(3)24)18-6-7-20(21(23)12-18)16(4)26-13-17-9-14(2)10-19(27)11-17/h5-12,26-27H,3-4,13,24H2,1-2H3/b8-5-,25-22?. The number of thiol groups is 1. The van der Waals surface area contributed by atoms with E-state index in [4.69, 9.17) is 5.73 Å². The van der Waals surface area contributed by atoms with Crippen LogP contribution < -0.4 is 11.1 Å². The number of hydrogen-bond donors (Lipinski definition) is 3. The molecule has 0 aromatic heterocycles. The monoisotopic (exact) mass is 381 g/mol. The van der Waals surface area contributed by atoms with Gasteiger partial charge in [0.1, 0.15) is 5.82 Å². The van der Waals surface area contributed by atoms with Crippen LogP contribution in [0.15, 0.2) is 77.4 Å². The van der Waals surface area contributed by atoms with Crippen LogP contribution in [-0.2, 0) is 6.54 Å². The molecular formula is C22H24FN3S. The summed E-state index contributed by atoms with van der Waals surface area (Å²) in [6, 6.07) is 10.8. The van der Waals surface area contributed by atoms with Crippen LogP contribution in [0.4, 0.5) is 4.39 Å². The molecule has 140 valence electrons. The Morgan fingerprint density at radius 1 is 1.26 bits per heavy atom. The molecule has 0 aliphatic heterocycles. The Morgan fingerprint density at radius 2 is 2.00 bits per heavy atom. The van der Waals surface area contributed by atoms with Crippen LogP contribution in [0, 0.1) is 12.7 Å². The minimum Gasteiger partial charge on any atom is -0.397 e. The van der Waals surface area contributed by atoms with Crippen LogP contribution in [0.5, 0.6) is 0 Å². The van der Waals surface area contributed by atoms with Gasteiger partial charge in [0.15, 0.2) is 0 Å². The Bertz CT molecular complexity index is 909. The summed E-state index contributed by atoms with van der Waals surface area (Å²) in [5.41, 5.74) is 10.1. The van der Waals surface area contributed by atoms with Gasteiger partial charge in [-0.15, -0.1) is 12.6 Å². The molecule has 2 rings (SSSR count). The van der Waals surface area contributed by atoms with E-state index in [1.807, 2.05) is 26.0 Å². The first-order valence-electron chi connectivity index (χ1n) is 8.48. The Balaban J connectivity index is 2.19. The normalized spacial score (nSPS) is 11.6. The number of nitrogens with one attached hydrogen (secondary N) is 1. The molecule has 0 atom stereocenters. The van der Waals surface area contributed by atoms with Crippen LogP contribution >= 0.6 is 12.6 Å². The molecule has 0 aliphatic carbocycles. The molecule has 0 heterocycles. The number of rotatable bonds is 7. The molecule has 5 heteroatoms. The molecule has 0 aliphatic rings. The van der Waals surface area contributed by atoms with Crippen LogP contribution in [-0.4, -0.2) is 5.71 Å². The van der Waals surface area contributed by atoms with Gasteiger partial charge in [-0.3, -0.25) is 4.99 Å². The Hall–Kier alpha value is -2.79. The summed E-state index contributed by atoms with van der Waals surface area (Å²) in [5.74, 6) is -0.404. The molecule has 2 aromatic rings. The van der Waals surface area contributed by atoms with Crippen molar-refractivity contribution in [2.45, 2.75) is 25.3 Å². The van der Waals surface area contributed by atoms with E-state index in [1.165, 1.54) is 6.07 Å². The van der Waals surface area contributed by atoms with E-state index >= 15 is 0 Å². The summed E-state index contributed by atoms with van der Waals surface area (Å²) in [4.78, 5) is 5.11. The maximum atomic E-state index is 14.6. The van der Waals surface area contributed by atoms with Crippen molar-refractivity contribution in [3.8, 4) is 0 Å². The molecular weight excluding hydrogens is 357 g/mol. The smallest absolute Gasteiger partial charge is 0.133 e. The fourth-order valence-electron chi connectivity index (χ4n) is 2.65. The average Bonchev–Trinajstić information content (AvgIpc) is 2.59. The number of allylic oxidation sites excluding steroid dienone is 2. The van der Waals surface area contributed by atoms with Crippen molar-refractivity contribution in [1.29, 1.82) is 0 Å². The quantitative estimate of drug-likeness (QED) is 0.468. The van der Waals surface area contributed by atoms with Crippen LogP contribution in [0.2, 0.25) is 0 Å². The van der Waals surface area contributed by atoms with E-state index in [1.54, 1.807) is 24.4 Å². The lowest BCUT2D eigenvalue weighted by molar-refractivity contribution is 0.621. The Morgan fingerprint density at radius 3 is 2.59 bits per heavy atom. The van der Waals surface area contributed by atoms with Gasteiger partial charge < -0.3 is 11.1 Å². The third-order valence-corrected chi connectivity index (χ3v) is 4.11. The summed E-state index contributed by atoms with van der Waals surface area (Å²) in [6.45, 7) is 12.0. The number of nitrogens with two attached hydrogens (primary N) is 1. The molecule has 2 aromatic carbocycles. The summed E-state index contributed by atoms with van der Waals surface area (Å²) in [5, 5.41) is 3.16. The summed E-state index contributed by atoms with van der Waals surface area (Å²) < 4.78 is 14.6. The van der Waals surface area contributed by atoms with E-state index in [0.29, 0.717) is 29.1 Å². The predicted octanol–water partition coefficient (Wildman–Crippen LogP) is 4.98. The number of hydrogen-bond acceptors (Lipinski definition) is 4.